The molecule has 3 heteroatoms. The van der Waals surface area contributed by atoms with Gasteiger partial charge in [0.05, 0.1) is 6.61 Å². The minimum atomic E-state index is 0.145. The fraction of sp³-hybridized carbons (Fsp3) is 1.00. The second kappa shape index (κ2) is 4.87. The second-order valence-electron chi connectivity index (χ2n) is 6.59. The molecule has 1 atom stereocenters. The van der Waals surface area contributed by atoms with E-state index in [2.05, 4.69) is 31.0 Å². The number of nitrogens with zero attached hydrogens (tertiary/aromatic N) is 1. The van der Waals surface area contributed by atoms with Gasteiger partial charge in [-0.1, -0.05) is 12.8 Å². The summed E-state index contributed by atoms with van der Waals surface area (Å²) in [5, 5.41) is 3.81. The minimum Gasteiger partial charge on any atom is -0.383 e. The Morgan fingerprint density at radius 1 is 1.35 bits per heavy atom. The average Bonchev–Trinajstić information content (AvgIpc) is 2.71. The number of methoxy groups -OCH3 is 1. The monoisotopic (exact) mass is 240 g/mol. The van der Waals surface area contributed by atoms with Crippen molar-refractivity contribution in [3.8, 4) is 0 Å². The molecule has 0 radical (unpaired) electrons. The molecule has 2 rings (SSSR count). The van der Waals surface area contributed by atoms with Crippen LogP contribution in [-0.2, 0) is 4.74 Å². The van der Waals surface area contributed by atoms with E-state index in [1.807, 2.05) is 0 Å². The van der Waals surface area contributed by atoms with Crippen molar-refractivity contribution in [2.45, 2.75) is 63.6 Å². The van der Waals surface area contributed by atoms with Gasteiger partial charge in [-0.05, 0) is 33.6 Å². The number of nitrogens with one attached hydrogen (secondary N) is 1. The third-order valence-corrected chi connectivity index (χ3v) is 4.61. The second-order valence-corrected chi connectivity index (χ2v) is 6.59. The fourth-order valence-corrected chi connectivity index (χ4v) is 3.65. The molecule has 1 unspecified atom stereocenters. The third-order valence-electron chi connectivity index (χ3n) is 4.61. The molecule has 1 spiro atoms. The van der Waals surface area contributed by atoms with Gasteiger partial charge in [-0.25, -0.2) is 0 Å². The molecular formula is C14H28N2O. The summed E-state index contributed by atoms with van der Waals surface area (Å²) in [5.74, 6) is 0. The van der Waals surface area contributed by atoms with Crippen LogP contribution < -0.4 is 5.32 Å². The van der Waals surface area contributed by atoms with Crippen molar-refractivity contribution in [1.82, 2.24) is 10.2 Å². The Bertz CT molecular complexity index is 259. The first kappa shape index (κ1) is 13.3. The maximum Gasteiger partial charge on any atom is 0.0641 e. The summed E-state index contributed by atoms with van der Waals surface area (Å²) >= 11 is 0. The van der Waals surface area contributed by atoms with Gasteiger partial charge in [0.1, 0.15) is 0 Å². The molecule has 1 saturated heterocycles. The van der Waals surface area contributed by atoms with Crippen molar-refractivity contribution >= 4 is 0 Å². The van der Waals surface area contributed by atoms with Crippen LogP contribution in [0.5, 0.6) is 0 Å². The summed E-state index contributed by atoms with van der Waals surface area (Å²) in [6.45, 7) is 10.1. The van der Waals surface area contributed by atoms with Gasteiger partial charge in [0.25, 0.3) is 0 Å². The Labute approximate surface area is 106 Å². The van der Waals surface area contributed by atoms with Crippen LogP contribution in [0, 0.1) is 0 Å². The van der Waals surface area contributed by atoms with Gasteiger partial charge < -0.3 is 10.1 Å². The van der Waals surface area contributed by atoms with Gasteiger partial charge in [-0.15, -0.1) is 0 Å². The van der Waals surface area contributed by atoms with E-state index in [-0.39, 0.29) is 5.54 Å². The first-order valence-electron chi connectivity index (χ1n) is 7.00. The first-order chi connectivity index (χ1) is 7.99. The van der Waals surface area contributed by atoms with E-state index in [1.54, 1.807) is 7.11 Å². The van der Waals surface area contributed by atoms with Crippen molar-refractivity contribution in [1.29, 1.82) is 0 Å². The molecule has 0 aromatic carbocycles. The lowest BCUT2D eigenvalue weighted by molar-refractivity contribution is -0.0304. The zero-order chi connectivity index (χ0) is 12.5. The van der Waals surface area contributed by atoms with Gasteiger partial charge in [-0.3, -0.25) is 4.90 Å². The molecule has 0 bridgehead atoms. The van der Waals surface area contributed by atoms with Crippen LogP contribution >= 0.6 is 0 Å². The largest absolute Gasteiger partial charge is 0.383 e. The van der Waals surface area contributed by atoms with Crippen LogP contribution in [0.3, 0.4) is 0 Å². The minimum absolute atomic E-state index is 0.145. The van der Waals surface area contributed by atoms with E-state index in [0.717, 1.165) is 13.2 Å². The van der Waals surface area contributed by atoms with E-state index in [9.17, 15) is 0 Å². The first-order valence-corrected chi connectivity index (χ1v) is 7.00. The van der Waals surface area contributed by atoms with Crippen LogP contribution in [0.1, 0.15) is 46.5 Å². The molecule has 3 nitrogen and oxygen atoms in total. The molecule has 1 saturated carbocycles. The van der Waals surface area contributed by atoms with Gasteiger partial charge in [0, 0.05) is 37.3 Å². The zero-order valence-corrected chi connectivity index (χ0v) is 11.9. The Morgan fingerprint density at radius 2 is 2.00 bits per heavy atom. The Kier molecular flexibility index (Phi) is 3.81. The third kappa shape index (κ3) is 2.67. The fourth-order valence-electron chi connectivity index (χ4n) is 3.65. The van der Waals surface area contributed by atoms with Gasteiger partial charge in [0.2, 0.25) is 0 Å². The summed E-state index contributed by atoms with van der Waals surface area (Å²) < 4.78 is 5.40. The van der Waals surface area contributed by atoms with Crippen molar-refractivity contribution in [3.05, 3.63) is 0 Å². The van der Waals surface area contributed by atoms with Crippen molar-refractivity contribution < 1.29 is 4.74 Å². The highest BCUT2D eigenvalue weighted by Gasteiger charge is 2.44. The molecule has 0 aromatic heterocycles. The SMILES string of the molecule is COCC(C)(C)N1CC2(CCCC2)NCC1C. The number of hydrogen-bond acceptors (Lipinski definition) is 3. The zero-order valence-electron chi connectivity index (χ0n) is 11.9. The summed E-state index contributed by atoms with van der Waals surface area (Å²) in [4.78, 5) is 2.65. The molecule has 17 heavy (non-hydrogen) atoms. The van der Waals surface area contributed by atoms with E-state index in [0.29, 0.717) is 11.6 Å². The van der Waals surface area contributed by atoms with E-state index >= 15 is 0 Å². The quantitative estimate of drug-likeness (QED) is 0.817. The summed E-state index contributed by atoms with van der Waals surface area (Å²) in [5.41, 5.74) is 0.545. The molecule has 1 aliphatic carbocycles. The summed E-state index contributed by atoms with van der Waals surface area (Å²) in [6.07, 6.45) is 5.47. The van der Waals surface area contributed by atoms with Crippen LogP contribution in [0.15, 0.2) is 0 Å². The highest BCUT2D eigenvalue weighted by Crippen LogP contribution is 2.35. The van der Waals surface area contributed by atoms with Crippen molar-refractivity contribution in [2.24, 2.45) is 0 Å². The topological polar surface area (TPSA) is 24.5 Å². The van der Waals surface area contributed by atoms with Gasteiger partial charge in [0.15, 0.2) is 0 Å². The summed E-state index contributed by atoms with van der Waals surface area (Å²) in [7, 11) is 1.81. The predicted molar refractivity (Wildman–Crippen MR) is 71.3 cm³/mol. The highest BCUT2D eigenvalue weighted by molar-refractivity contribution is 5.03. The lowest BCUT2D eigenvalue weighted by Gasteiger charge is -2.51. The Hall–Kier alpha value is -0.120. The van der Waals surface area contributed by atoms with Gasteiger partial charge in [-0.2, -0.15) is 0 Å². The van der Waals surface area contributed by atoms with Crippen molar-refractivity contribution in [2.75, 3.05) is 26.8 Å². The molecule has 2 fully saturated rings. The number of hydrogen-bond donors (Lipinski definition) is 1. The normalized spacial score (nSPS) is 30.0. The van der Waals surface area contributed by atoms with Crippen molar-refractivity contribution in [3.63, 3.8) is 0 Å². The van der Waals surface area contributed by atoms with Gasteiger partial charge >= 0.3 is 0 Å². The molecule has 2 aliphatic rings. The van der Waals surface area contributed by atoms with Crippen LogP contribution in [0.25, 0.3) is 0 Å². The van der Waals surface area contributed by atoms with Crippen LogP contribution in [0.2, 0.25) is 0 Å². The molecular weight excluding hydrogens is 212 g/mol. The van der Waals surface area contributed by atoms with Crippen LogP contribution in [-0.4, -0.2) is 48.8 Å². The maximum atomic E-state index is 5.40. The lowest BCUT2D eigenvalue weighted by Crippen LogP contribution is -2.67. The predicted octanol–water partition coefficient (Wildman–Crippen LogP) is 2.02. The number of ether oxygens (including phenoxy) is 1. The van der Waals surface area contributed by atoms with E-state index in [1.165, 1.54) is 32.2 Å². The molecule has 100 valence electrons. The lowest BCUT2D eigenvalue weighted by atomic mass is 9.88. The molecule has 0 amide bonds. The highest BCUT2D eigenvalue weighted by atomic mass is 16.5. The smallest absolute Gasteiger partial charge is 0.0641 e. The summed E-state index contributed by atoms with van der Waals surface area (Å²) in [6, 6.07) is 0.603. The number of rotatable bonds is 3. The van der Waals surface area contributed by atoms with Crippen LogP contribution in [0.4, 0.5) is 0 Å². The van der Waals surface area contributed by atoms with E-state index < -0.39 is 0 Å². The molecule has 1 heterocycles. The maximum absolute atomic E-state index is 5.40. The standard InChI is InChI=1S/C14H28N2O/c1-12-9-15-14(7-5-6-8-14)10-16(12)13(2,3)11-17-4/h12,15H,5-11H2,1-4H3. The molecule has 0 aromatic rings. The average molecular weight is 240 g/mol. The Morgan fingerprint density at radius 3 is 2.59 bits per heavy atom. The Balaban J connectivity index is 2.09. The number of piperazine rings is 1. The molecule has 1 aliphatic heterocycles. The molecule has 1 N–H and O–H groups in total. The van der Waals surface area contributed by atoms with E-state index in [4.69, 9.17) is 4.74 Å².